The van der Waals surface area contributed by atoms with Crippen LogP contribution in [0.2, 0.25) is 0 Å². The van der Waals surface area contributed by atoms with Crippen molar-refractivity contribution in [2.75, 3.05) is 0 Å². The summed E-state index contributed by atoms with van der Waals surface area (Å²) in [6.45, 7) is 21.3. The van der Waals surface area contributed by atoms with Crippen LogP contribution in [0.25, 0.3) is 0 Å². The van der Waals surface area contributed by atoms with Crippen molar-refractivity contribution in [3.8, 4) is 0 Å². The van der Waals surface area contributed by atoms with Gasteiger partial charge in [-0.3, -0.25) is 9.98 Å². The topological polar surface area (TPSA) is 40.5 Å². The molecule has 184 valence electrons. The van der Waals surface area contributed by atoms with Gasteiger partial charge in [0, 0.05) is 0 Å². The van der Waals surface area contributed by atoms with Gasteiger partial charge in [0.05, 0.1) is 34.2 Å². The fourth-order valence-electron chi connectivity index (χ4n) is 4.56. The van der Waals surface area contributed by atoms with E-state index in [1.54, 1.807) is 0 Å². The molecule has 3 aromatic rings. The Hall–Kier alpha value is -1.84. The van der Waals surface area contributed by atoms with Crippen LogP contribution in [0.1, 0.15) is 69.7 Å². The van der Waals surface area contributed by atoms with Gasteiger partial charge in [0.2, 0.25) is 0 Å². The number of benzene rings is 2. The number of aryl methyl sites for hydroxylation is 6. The van der Waals surface area contributed by atoms with Crippen molar-refractivity contribution in [1.29, 1.82) is 0 Å². The first kappa shape index (κ1) is 28.4. The van der Waals surface area contributed by atoms with Crippen LogP contribution >= 0.6 is 20.2 Å². The first-order valence-electron chi connectivity index (χ1n) is 11.2. The Balaban J connectivity index is 0.00000129. The molecule has 0 unspecified atom stereocenters. The maximum absolute atomic E-state index is 5.01. The van der Waals surface area contributed by atoms with E-state index in [0.29, 0.717) is 0 Å². The van der Waals surface area contributed by atoms with Gasteiger partial charge in [-0.25, -0.2) is 0 Å². The van der Waals surface area contributed by atoms with Gasteiger partial charge in [0.25, 0.3) is 0 Å². The molecule has 0 saturated heterocycles. The number of hydrogen-bond acceptors (Lipinski definition) is 2. The van der Waals surface area contributed by atoms with Crippen LogP contribution in [0.3, 0.4) is 0 Å². The normalized spacial score (nSPS) is 12.1. The molecule has 0 atom stereocenters. The molecule has 3 rings (SSSR count). The van der Waals surface area contributed by atoms with Gasteiger partial charge in [0.15, 0.2) is 0 Å². The number of aliphatic imine (C=N–C) groups is 2. The van der Waals surface area contributed by atoms with Gasteiger partial charge in [-0.05, 0) is 103 Å². The molecule has 34 heavy (non-hydrogen) atoms. The molecule has 3 nitrogen and oxygen atoms in total. The molecule has 0 aliphatic carbocycles. The molecule has 0 bridgehead atoms. The number of aromatic nitrogens is 1. The summed E-state index contributed by atoms with van der Waals surface area (Å²) in [5, 5.41) is 0. The molecule has 0 fully saturated rings. The van der Waals surface area contributed by atoms with Gasteiger partial charge in [-0.15, -0.1) is 0 Å². The summed E-state index contributed by atoms with van der Waals surface area (Å²) >= 11 is 0.194. The fourth-order valence-corrected chi connectivity index (χ4v) is 4.56. The summed E-state index contributed by atoms with van der Waals surface area (Å²) in [6, 6.07) is 8.78. The van der Waals surface area contributed by atoms with Crippen molar-refractivity contribution in [2.24, 2.45) is 9.98 Å². The Bertz CT molecular complexity index is 1110. The van der Waals surface area contributed by atoms with Crippen LogP contribution in [-0.2, 0) is 13.1 Å². The minimum atomic E-state index is 0.194. The SMILES string of the molecule is CC(=Nc1c(C)cc(C)cc1C)c1[nH]c(C(C)=Nc2c(C)cc(C)cc2C)c(C)c1C.[Cl][Fe][Cl]. The van der Waals surface area contributed by atoms with Crippen LogP contribution in [0.4, 0.5) is 11.4 Å². The molecule has 0 aliphatic heterocycles. The van der Waals surface area contributed by atoms with E-state index >= 15 is 0 Å². The molecule has 6 heteroatoms. The number of rotatable bonds is 4. The number of halogens is 2. The Morgan fingerprint density at radius 2 is 0.882 bits per heavy atom. The van der Waals surface area contributed by atoms with E-state index in [4.69, 9.17) is 30.2 Å². The number of nitrogens with zero attached hydrogens (tertiary/aromatic N) is 2. The summed E-state index contributed by atoms with van der Waals surface area (Å²) in [7, 11) is 9.53. The molecule has 1 aromatic heterocycles. The summed E-state index contributed by atoms with van der Waals surface area (Å²) < 4.78 is 0. The Morgan fingerprint density at radius 1 is 0.618 bits per heavy atom. The van der Waals surface area contributed by atoms with Crippen LogP contribution in [0.15, 0.2) is 34.3 Å². The maximum atomic E-state index is 5.01. The van der Waals surface area contributed by atoms with E-state index in [0.717, 1.165) is 34.2 Å². The summed E-state index contributed by atoms with van der Waals surface area (Å²) in [5.41, 5.74) is 16.1. The average Bonchev–Trinajstić information content (AvgIpc) is 3.03. The quantitative estimate of drug-likeness (QED) is 0.253. The van der Waals surface area contributed by atoms with Crippen molar-refractivity contribution in [3.63, 3.8) is 0 Å². The van der Waals surface area contributed by atoms with E-state index in [-0.39, 0.29) is 13.1 Å². The molecular formula is C28H35Cl2FeN3. The third-order valence-electron chi connectivity index (χ3n) is 6.12. The standard InChI is InChI=1S/C28H35N3.2ClH.Fe/c1-15-11-17(3)25(18(4)12-15)29-23(9)27-21(7)22(8)28(31-27)24(10)30-26-19(5)13-16(2)14-20(26)6;;;/h11-14,31H,1-10H3;2*1H;/q;;;+2/p-2. The predicted octanol–water partition coefficient (Wildman–Crippen LogP) is 9.14. The molecule has 0 spiro atoms. The second-order valence-corrected chi connectivity index (χ2v) is 10.9. The molecule has 1 N–H and O–H groups in total. The third kappa shape index (κ3) is 6.64. The van der Waals surface area contributed by atoms with Crippen LogP contribution < -0.4 is 0 Å². The van der Waals surface area contributed by atoms with Crippen molar-refractivity contribution in [3.05, 3.63) is 80.2 Å². The van der Waals surface area contributed by atoms with Crippen molar-refractivity contribution in [2.45, 2.75) is 69.2 Å². The molecule has 1 heterocycles. The molecular weight excluding hydrogens is 505 g/mol. The zero-order valence-electron chi connectivity index (χ0n) is 21.8. The molecule has 2 aromatic carbocycles. The Morgan fingerprint density at radius 3 is 1.15 bits per heavy atom. The van der Waals surface area contributed by atoms with E-state index in [9.17, 15) is 0 Å². The minimum absolute atomic E-state index is 0.194. The van der Waals surface area contributed by atoms with Crippen LogP contribution in [0, 0.1) is 55.4 Å². The predicted molar refractivity (Wildman–Crippen MR) is 147 cm³/mol. The molecule has 0 aliphatic rings. The summed E-state index contributed by atoms with van der Waals surface area (Å²) in [4.78, 5) is 13.7. The first-order chi connectivity index (χ1) is 15.9. The summed E-state index contributed by atoms with van der Waals surface area (Å²) in [6.07, 6.45) is 0. The number of nitrogens with one attached hydrogen (secondary N) is 1. The first-order valence-corrected chi connectivity index (χ1v) is 14.3. The molecule has 0 amide bonds. The fraction of sp³-hybridized carbons (Fsp3) is 0.357. The van der Waals surface area contributed by atoms with Crippen LogP contribution in [-0.4, -0.2) is 16.4 Å². The van der Waals surface area contributed by atoms with Gasteiger partial charge in [-0.1, -0.05) is 35.4 Å². The van der Waals surface area contributed by atoms with E-state index in [2.05, 4.69) is 98.5 Å². The van der Waals surface area contributed by atoms with Gasteiger partial charge in [0.1, 0.15) is 0 Å². The second kappa shape index (κ2) is 12.2. The van der Waals surface area contributed by atoms with Gasteiger partial charge >= 0.3 is 33.3 Å². The molecule has 0 radical (unpaired) electrons. The van der Waals surface area contributed by atoms with Crippen LogP contribution in [0.5, 0.6) is 0 Å². The number of H-pyrrole nitrogens is 1. The third-order valence-corrected chi connectivity index (χ3v) is 6.12. The zero-order chi connectivity index (χ0) is 25.7. The van der Waals surface area contributed by atoms with Crippen molar-refractivity contribution >= 4 is 43.0 Å². The monoisotopic (exact) mass is 539 g/mol. The van der Waals surface area contributed by atoms with Crippen molar-refractivity contribution in [1.82, 2.24) is 4.98 Å². The number of hydrogen-bond donors (Lipinski definition) is 1. The second-order valence-electron chi connectivity index (χ2n) is 9.06. The van der Waals surface area contributed by atoms with E-state index < -0.39 is 0 Å². The van der Waals surface area contributed by atoms with Gasteiger partial charge < -0.3 is 4.98 Å². The summed E-state index contributed by atoms with van der Waals surface area (Å²) in [5.74, 6) is 0. The van der Waals surface area contributed by atoms with E-state index in [1.165, 1.54) is 44.5 Å². The van der Waals surface area contributed by atoms with E-state index in [1.807, 2.05) is 0 Å². The Kier molecular flexibility index (Phi) is 10.2. The average molecular weight is 540 g/mol. The van der Waals surface area contributed by atoms with Crippen molar-refractivity contribution < 1.29 is 13.1 Å². The molecule has 0 saturated carbocycles. The number of aromatic amines is 1. The Labute approximate surface area is 219 Å². The van der Waals surface area contributed by atoms with Gasteiger partial charge in [-0.2, -0.15) is 0 Å². The zero-order valence-corrected chi connectivity index (χ0v) is 24.4.